The number of carbonyl (C=O) groups is 1. The first-order valence-electron chi connectivity index (χ1n) is 9.86. The quantitative estimate of drug-likeness (QED) is 0.453. The second-order valence-electron chi connectivity index (χ2n) is 7.18. The molecular formula is C25H21FN4O. The molecule has 0 aliphatic heterocycles. The Kier molecular flexibility index (Phi) is 5.98. The third-order valence-electron chi connectivity index (χ3n) is 4.75. The van der Waals surface area contributed by atoms with Gasteiger partial charge in [0.05, 0.1) is 0 Å². The summed E-state index contributed by atoms with van der Waals surface area (Å²) < 4.78 is 13.1. The second-order valence-corrected chi connectivity index (χ2v) is 7.18. The summed E-state index contributed by atoms with van der Waals surface area (Å²) in [5, 5.41) is 6.04. The van der Waals surface area contributed by atoms with Gasteiger partial charge in [0.2, 0.25) is 5.95 Å². The van der Waals surface area contributed by atoms with Crippen LogP contribution in [0.3, 0.4) is 0 Å². The van der Waals surface area contributed by atoms with E-state index in [1.165, 1.54) is 12.1 Å². The van der Waals surface area contributed by atoms with Gasteiger partial charge in [-0.05, 0) is 48.4 Å². The SMILES string of the molecule is Cc1cccc(CNC(=O)c2cccc(Nc3ncc(-c4ccc(F)cc4)cn3)c2)c1. The van der Waals surface area contributed by atoms with Gasteiger partial charge in [0.15, 0.2) is 0 Å². The lowest BCUT2D eigenvalue weighted by Crippen LogP contribution is -2.22. The first kappa shape index (κ1) is 20.2. The van der Waals surface area contributed by atoms with E-state index in [1.54, 1.807) is 42.7 Å². The van der Waals surface area contributed by atoms with Gasteiger partial charge in [0.1, 0.15) is 5.82 Å². The number of aryl methyl sites for hydroxylation is 1. The maximum absolute atomic E-state index is 13.1. The van der Waals surface area contributed by atoms with Gasteiger partial charge < -0.3 is 10.6 Å². The summed E-state index contributed by atoms with van der Waals surface area (Å²) in [5.74, 6) is -0.0355. The molecule has 31 heavy (non-hydrogen) atoms. The molecule has 2 N–H and O–H groups in total. The maximum atomic E-state index is 13.1. The van der Waals surface area contributed by atoms with E-state index in [4.69, 9.17) is 0 Å². The van der Waals surface area contributed by atoms with Crippen molar-refractivity contribution in [2.75, 3.05) is 5.32 Å². The summed E-state index contributed by atoms with van der Waals surface area (Å²) in [5.41, 5.74) is 5.08. The lowest BCUT2D eigenvalue weighted by molar-refractivity contribution is 0.0951. The van der Waals surface area contributed by atoms with Crippen LogP contribution in [-0.2, 0) is 6.54 Å². The Balaban J connectivity index is 1.41. The zero-order valence-electron chi connectivity index (χ0n) is 17.0. The van der Waals surface area contributed by atoms with E-state index in [0.717, 1.165) is 22.3 Å². The van der Waals surface area contributed by atoms with Gasteiger partial charge in [-0.15, -0.1) is 0 Å². The molecule has 0 aliphatic carbocycles. The molecule has 0 unspecified atom stereocenters. The van der Waals surface area contributed by atoms with Crippen molar-refractivity contribution in [3.63, 3.8) is 0 Å². The number of rotatable bonds is 6. The van der Waals surface area contributed by atoms with Crippen molar-refractivity contribution in [1.82, 2.24) is 15.3 Å². The minimum Gasteiger partial charge on any atom is -0.348 e. The van der Waals surface area contributed by atoms with Gasteiger partial charge in [-0.25, -0.2) is 14.4 Å². The molecule has 3 aromatic carbocycles. The van der Waals surface area contributed by atoms with Crippen molar-refractivity contribution >= 4 is 17.5 Å². The van der Waals surface area contributed by atoms with Crippen LogP contribution in [0, 0.1) is 12.7 Å². The van der Waals surface area contributed by atoms with E-state index in [0.29, 0.717) is 23.7 Å². The predicted molar refractivity (Wildman–Crippen MR) is 119 cm³/mol. The van der Waals surface area contributed by atoms with E-state index >= 15 is 0 Å². The summed E-state index contributed by atoms with van der Waals surface area (Å²) in [6.45, 7) is 2.49. The second kappa shape index (κ2) is 9.17. The molecule has 0 radical (unpaired) electrons. The van der Waals surface area contributed by atoms with Crippen LogP contribution < -0.4 is 10.6 Å². The zero-order chi connectivity index (χ0) is 21.6. The number of benzene rings is 3. The van der Waals surface area contributed by atoms with Gasteiger partial charge >= 0.3 is 0 Å². The molecule has 5 nitrogen and oxygen atoms in total. The number of anilines is 2. The van der Waals surface area contributed by atoms with E-state index < -0.39 is 0 Å². The molecule has 154 valence electrons. The fraction of sp³-hybridized carbons (Fsp3) is 0.0800. The third-order valence-corrected chi connectivity index (χ3v) is 4.75. The molecule has 0 bridgehead atoms. The smallest absolute Gasteiger partial charge is 0.251 e. The summed E-state index contributed by atoms with van der Waals surface area (Å²) in [6, 6.07) is 21.3. The Hall–Kier alpha value is -4.06. The standard InChI is InChI=1S/C25H21FN4O/c1-17-4-2-5-18(12-17)14-27-24(31)20-6-3-7-23(13-20)30-25-28-15-21(16-29-25)19-8-10-22(26)11-9-19/h2-13,15-16H,14H2,1H3,(H,27,31)(H,28,29,30). The predicted octanol–water partition coefficient (Wildman–Crippen LogP) is 5.26. The molecule has 6 heteroatoms. The molecule has 0 spiro atoms. The topological polar surface area (TPSA) is 66.9 Å². The summed E-state index contributed by atoms with van der Waals surface area (Å²) in [7, 11) is 0. The lowest BCUT2D eigenvalue weighted by atomic mass is 10.1. The van der Waals surface area contributed by atoms with Crippen LogP contribution in [0.25, 0.3) is 11.1 Å². The van der Waals surface area contributed by atoms with Crippen LogP contribution in [0.5, 0.6) is 0 Å². The number of nitrogens with zero attached hydrogens (tertiary/aromatic N) is 2. The number of hydrogen-bond donors (Lipinski definition) is 2. The molecule has 1 amide bonds. The normalized spacial score (nSPS) is 10.5. The van der Waals surface area contributed by atoms with E-state index in [-0.39, 0.29) is 11.7 Å². The average Bonchev–Trinajstić information content (AvgIpc) is 2.79. The molecule has 4 aromatic rings. The first-order chi connectivity index (χ1) is 15.1. The molecule has 0 saturated carbocycles. The third kappa shape index (κ3) is 5.30. The number of nitrogens with one attached hydrogen (secondary N) is 2. The van der Waals surface area contributed by atoms with Gasteiger partial charge in [-0.1, -0.05) is 48.0 Å². The molecule has 1 heterocycles. The molecule has 0 fully saturated rings. The maximum Gasteiger partial charge on any atom is 0.251 e. The van der Waals surface area contributed by atoms with Crippen molar-refractivity contribution in [2.24, 2.45) is 0 Å². The molecule has 4 rings (SSSR count). The van der Waals surface area contributed by atoms with Gasteiger partial charge in [0, 0.05) is 35.8 Å². The Morgan fingerprint density at radius 3 is 2.39 bits per heavy atom. The monoisotopic (exact) mass is 412 g/mol. The van der Waals surface area contributed by atoms with Crippen LogP contribution in [0.15, 0.2) is 85.2 Å². The highest BCUT2D eigenvalue weighted by atomic mass is 19.1. The Labute approximate surface area is 180 Å². The van der Waals surface area contributed by atoms with Crippen LogP contribution in [0.1, 0.15) is 21.5 Å². The van der Waals surface area contributed by atoms with E-state index in [2.05, 4.69) is 20.6 Å². The minimum atomic E-state index is -0.286. The van der Waals surface area contributed by atoms with Crippen molar-refractivity contribution in [3.05, 3.63) is 108 Å². The minimum absolute atomic E-state index is 0.155. The number of aromatic nitrogens is 2. The number of amides is 1. The largest absolute Gasteiger partial charge is 0.348 e. The van der Waals surface area contributed by atoms with Crippen LogP contribution in [0.2, 0.25) is 0 Å². The lowest BCUT2D eigenvalue weighted by Gasteiger charge is -2.09. The molecule has 0 aliphatic rings. The van der Waals surface area contributed by atoms with E-state index in [9.17, 15) is 9.18 Å². The summed E-state index contributed by atoms with van der Waals surface area (Å²) in [6.07, 6.45) is 3.34. The number of halogens is 1. The van der Waals surface area contributed by atoms with Crippen LogP contribution in [0.4, 0.5) is 16.0 Å². The zero-order valence-corrected chi connectivity index (χ0v) is 17.0. The van der Waals surface area contributed by atoms with Crippen molar-refractivity contribution in [1.29, 1.82) is 0 Å². The first-order valence-corrected chi connectivity index (χ1v) is 9.86. The Bertz CT molecular complexity index is 1190. The highest BCUT2D eigenvalue weighted by molar-refractivity contribution is 5.95. The molecule has 0 atom stereocenters. The van der Waals surface area contributed by atoms with Gasteiger partial charge in [-0.3, -0.25) is 4.79 Å². The van der Waals surface area contributed by atoms with Crippen LogP contribution in [-0.4, -0.2) is 15.9 Å². The molecule has 0 saturated heterocycles. The summed E-state index contributed by atoms with van der Waals surface area (Å²) >= 11 is 0. The van der Waals surface area contributed by atoms with Gasteiger partial charge in [0.25, 0.3) is 5.91 Å². The van der Waals surface area contributed by atoms with Crippen molar-refractivity contribution in [3.8, 4) is 11.1 Å². The Morgan fingerprint density at radius 2 is 1.65 bits per heavy atom. The fourth-order valence-electron chi connectivity index (χ4n) is 3.16. The van der Waals surface area contributed by atoms with Crippen LogP contribution >= 0.6 is 0 Å². The average molecular weight is 412 g/mol. The van der Waals surface area contributed by atoms with Crippen molar-refractivity contribution in [2.45, 2.75) is 13.5 Å². The molecule has 1 aromatic heterocycles. The molecular weight excluding hydrogens is 391 g/mol. The Morgan fingerprint density at radius 1 is 0.903 bits per heavy atom. The van der Waals surface area contributed by atoms with E-state index in [1.807, 2.05) is 37.3 Å². The van der Waals surface area contributed by atoms with Crippen molar-refractivity contribution < 1.29 is 9.18 Å². The highest BCUT2D eigenvalue weighted by Gasteiger charge is 2.08. The van der Waals surface area contributed by atoms with Gasteiger partial charge in [-0.2, -0.15) is 0 Å². The fourth-order valence-corrected chi connectivity index (χ4v) is 3.16. The summed E-state index contributed by atoms with van der Waals surface area (Å²) in [4.78, 5) is 21.2. The number of hydrogen-bond acceptors (Lipinski definition) is 4. The highest BCUT2D eigenvalue weighted by Crippen LogP contribution is 2.20. The number of carbonyl (C=O) groups excluding carboxylic acids is 1.